The van der Waals surface area contributed by atoms with Crippen LogP contribution in [0.1, 0.15) is 27.0 Å². The molecule has 0 unspecified atom stereocenters. The number of aryl methyl sites for hydroxylation is 1. The molecule has 0 aliphatic heterocycles. The summed E-state index contributed by atoms with van der Waals surface area (Å²) in [6.07, 6.45) is 9.44. The van der Waals surface area contributed by atoms with Crippen molar-refractivity contribution >= 4 is 17.3 Å². The second-order valence-electron chi connectivity index (χ2n) is 7.82. The highest BCUT2D eigenvalue weighted by atomic mass is 19.4. The van der Waals surface area contributed by atoms with Crippen LogP contribution in [0.2, 0.25) is 0 Å². The second kappa shape index (κ2) is 10.3. The van der Waals surface area contributed by atoms with E-state index in [2.05, 4.69) is 43.3 Å². The Balaban J connectivity index is 1.64. The van der Waals surface area contributed by atoms with E-state index in [0.717, 1.165) is 33.8 Å². The van der Waals surface area contributed by atoms with E-state index in [4.69, 9.17) is 6.42 Å². The molecule has 4 rings (SSSR count). The number of pyridine rings is 2. The van der Waals surface area contributed by atoms with Crippen molar-refractivity contribution in [2.75, 3.05) is 17.2 Å². The van der Waals surface area contributed by atoms with E-state index in [1.54, 1.807) is 43.6 Å². The first kappa shape index (κ1) is 25.1. The van der Waals surface area contributed by atoms with Crippen LogP contribution in [0.15, 0.2) is 67.9 Å². The largest absolute Gasteiger partial charge is 0.420 e. The molecule has 0 aliphatic carbocycles. The van der Waals surface area contributed by atoms with Gasteiger partial charge in [-0.05, 0) is 36.2 Å². The van der Waals surface area contributed by atoms with E-state index in [9.17, 15) is 18.0 Å². The van der Waals surface area contributed by atoms with E-state index >= 15 is 0 Å². The van der Waals surface area contributed by atoms with E-state index in [0.29, 0.717) is 17.8 Å². The van der Waals surface area contributed by atoms with E-state index < -0.39 is 23.5 Å². The van der Waals surface area contributed by atoms with Crippen LogP contribution in [0.25, 0.3) is 16.9 Å². The fraction of sp³-hybridized carbons (Fsp3) is 0.115. The van der Waals surface area contributed by atoms with Gasteiger partial charge in [-0.25, -0.2) is 4.98 Å². The van der Waals surface area contributed by atoms with Gasteiger partial charge < -0.3 is 10.6 Å². The van der Waals surface area contributed by atoms with Crippen LogP contribution in [-0.4, -0.2) is 37.4 Å². The Hall–Kier alpha value is -4.98. The van der Waals surface area contributed by atoms with Crippen LogP contribution in [0, 0.1) is 19.3 Å². The predicted octanol–water partition coefficient (Wildman–Crippen LogP) is 4.88. The van der Waals surface area contributed by atoms with E-state index in [1.165, 1.54) is 12.4 Å². The molecule has 11 heteroatoms. The third-order valence-corrected chi connectivity index (χ3v) is 5.33. The minimum Gasteiger partial charge on any atom is -0.380 e. The van der Waals surface area contributed by atoms with Crippen LogP contribution in [-0.2, 0) is 6.18 Å². The Morgan fingerprint density at radius 3 is 2.59 bits per heavy atom. The number of hydrogen-bond donors (Lipinski definition) is 2. The molecule has 4 aromatic rings. The number of amides is 1. The lowest BCUT2D eigenvalue weighted by atomic mass is 9.94. The molecule has 3 heterocycles. The number of nitrogens with zero attached hydrogens (tertiary/aromatic N) is 5. The van der Waals surface area contributed by atoms with Gasteiger partial charge in [0.05, 0.1) is 41.7 Å². The summed E-state index contributed by atoms with van der Waals surface area (Å²) < 4.78 is 41.0. The number of carbonyl (C=O) groups is 1. The van der Waals surface area contributed by atoms with Crippen LogP contribution in [0.3, 0.4) is 0 Å². The molecular formula is C26H20F3N7O. The normalized spacial score (nSPS) is 11.0. The first-order valence-electron chi connectivity index (χ1n) is 10.9. The summed E-state index contributed by atoms with van der Waals surface area (Å²) in [5, 5.41) is 13.1. The Kier molecular flexibility index (Phi) is 7.01. The molecule has 0 atom stereocenters. The molecule has 0 saturated heterocycles. The van der Waals surface area contributed by atoms with Crippen molar-refractivity contribution in [2.24, 2.45) is 0 Å². The maximum atomic E-state index is 13.7. The minimum absolute atomic E-state index is 0.130. The Labute approximate surface area is 210 Å². The highest BCUT2D eigenvalue weighted by Gasteiger charge is 2.36. The third kappa shape index (κ3) is 5.33. The van der Waals surface area contributed by atoms with Gasteiger partial charge in [-0.2, -0.15) is 23.4 Å². The van der Waals surface area contributed by atoms with Crippen molar-refractivity contribution in [2.45, 2.75) is 13.1 Å². The molecule has 3 aromatic heterocycles. The van der Waals surface area contributed by atoms with Crippen molar-refractivity contribution in [3.63, 3.8) is 0 Å². The number of anilines is 2. The smallest absolute Gasteiger partial charge is 0.380 e. The third-order valence-electron chi connectivity index (χ3n) is 5.33. The Morgan fingerprint density at radius 1 is 1.19 bits per heavy atom. The van der Waals surface area contributed by atoms with Gasteiger partial charge in [0.25, 0.3) is 5.91 Å². The number of alkyl halides is 3. The quantitative estimate of drug-likeness (QED) is 0.276. The van der Waals surface area contributed by atoms with Crippen molar-refractivity contribution in [3.8, 4) is 29.3 Å². The van der Waals surface area contributed by atoms with Gasteiger partial charge in [-0.1, -0.05) is 18.1 Å². The summed E-state index contributed by atoms with van der Waals surface area (Å²) in [5.74, 6) is 1.52. The zero-order valence-corrected chi connectivity index (χ0v) is 19.5. The van der Waals surface area contributed by atoms with Crippen molar-refractivity contribution in [3.05, 3.63) is 90.2 Å². The second-order valence-corrected chi connectivity index (χ2v) is 7.82. The highest BCUT2D eigenvalue weighted by Crippen LogP contribution is 2.35. The number of carbonyl (C=O) groups excluding carboxylic acids is 1. The SMILES string of the molecule is C#Cc1cncc(NCC=C)c1-c1ccc(C(=O)Nc2cnc(-n3nccn3)c(C(F)(F)F)c2)cc1C. The number of benzene rings is 1. The van der Waals surface area contributed by atoms with Gasteiger partial charge in [-0.15, -0.1) is 17.8 Å². The van der Waals surface area contributed by atoms with Gasteiger partial charge in [-0.3, -0.25) is 9.78 Å². The van der Waals surface area contributed by atoms with Crippen molar-refractivity contribution in [1.82, 2.24) is 25.0 Å². The minimum atomic E-state index is -4.74. The molecule has 2 N–H and O–H groups in total. The van der Waals surface area contributed by atoms with Gasteiger partial charge in [0.2, 0.25) is 0 Å². The number of rotatable bonds is 7. The van der Waals surface area contributed by atoms with Crippen LogP contribution < -0.4 is 10.6 Å². The lowest BCUT2D eigenvalue weighted by molar-refractivity contribution is -0.137. The monoisotopic (exact) mass is 503 g/mol. The van der Waals surface area contributed by atoms with Crippen molar-refractivity contribution in [1.29, 1.82) is 0 Å². The number of nitrogens with one attached hydrogen (secondary N) is 2. The van der Waals surface area contributed by atoms with Crippen LogP contribution in [0.5, 0.6) is 0 Å². The molecule has 186 valence electrons. The van der Waals surface area contributed by atoms with Gasteiger partial charge in [0.15, 0.2) is 5.82 Å². The molecule has 37 heavy (non-hydrogen) atoms. The zero-order chi connectivity index (χ0) is 26.6. The maximum absolute atomic E-state index is 13.7. The lowest BCUT2D eigenvalue weighted by Gasteiger charge is -2.16. The Morgan fingerprint density at radius 2 is 1.95 bits per heavy atom. The number of terminal acetylenes is 1. The van der Waals surface area contributed by atoms with E-state index in [-0.39, 0.29) is 11.3 Å². The predicted molar refractivity (Wildman–Crippen MR) is 133 cm³/mol. The fourth-order valence-electron chi connectivity index (χ4n) is 3.68. The molecule has 1 amide bonds. The molecule has 0 radical (unpaired) electrons. The summed E-state index contributed by atoms with van der Waals surface area (Å²) >= 11 is 0. The molecule has 8 nitrogen and oxygen atoms in total. The molecule has 0 fully saturated rings. The van der Waals surface area contributed by atoms with Crippen LogP contribution in [0.4, 0.5) is 24.5 Å². The average molecular weight is 503 g/mol. The molecule has 0 aliphatic rings. The summed E-state index contributed by atoms with van der Waals surface area (Å²) in [7, 11) is 0. The van der Waals surface area contributed by atoms with Gasteiger partial charge >= 0.3 is 6.18 Å². The van der Waals surface area contributed by atoms with Gasteiger partial charge in [0.1, 0.15) is 5.56 Å². The van der Waals surface area contributed by atoms with Crippen molar-refractivity contribution < 1.29 is 18.0 Å². The van der Waals surface area contributed by atoms with Crippen LogP contribution >= 0.6 is 0 Å². The zero-order valence-electron chi connectivity index (χ0n) is 19.5. The molecule has 0 saturated carbocycles. The molecular weight excluding hydrogens is 483 g/mol. The summed E-state index contributed by atoms with van der Waals surface area (Å²) in [4.78, 5) is 21.7. The first-order chi connectivity index (χ1) is 17.7. The number of aromatic nitrogens is 5. The average Bonchev–Trinajstić information content (AvgIpc) is 3.41. The molecule has 0 bridgehead atoms. The summed E-state index contributed by atoms with van der Waals surface area (Å²) in [6.45, 7) is 5.99. The summed E-state index contributed by atoms with van der Waals surface area (Å²) in [5.41, 5.74) is 2.53. The fourth-order valence-corrected chi connectivity index (χ4v) is 3.68. The molecule has 1 aromatic carbocycles. The number of hydrogen-bond acceptors (Lipinski definition) is 6. The maximum Gasteiger partial charge on any atom is 0.420 e. The standard InChI is InChI=1S/C26H20F3N7O/c1-4-8-31-22-15-30-13-17(5-2)23(22)20-7-6-18(11-16(20)3)25(37)35-19-12-21(26(27,28)29)24(32-14-19)36-33-9-10-34-36/h2,4,6-7,9-15,31H,1,8H2,3H3,(H,35,37). The number of halogens is 3. The van der Waals surface area contributed by atoms with Gasteiger partial charge in [0, 0.05) is 23.9 Å². The topological polar surface area (TPSA) is 97.6 Å². The Bertz CT molecular complexity index is 1510. The first-order valence-corrected chi connectivity index (χ1v) is 10.9. The molecule has 0 spiro atoms. The lowest BCUT2D eigenvalue weighted by Crippen LogP contribution is -2.17. The summed E-state index contributed by atoms with van der Waals surface area (Å²) in [6, 6.07) is 5.71. The van der Waals surface area contributed by atoms with E-state index in [1.807, 2.05) is 0 Å². The highest BCUT2D eigenvalue weighted by molar-refractivity contribution is 6.05.